The highest BCUT2D eigenvalue weighted by atomic mass is 15.2. The predicted molar refractivity (Wildman–Crippen MR) is 184 cm³/mol. The third kappa shape index (κ3) is 4.73. The lowest BCUT2D eigenvalue weighted by atomic mass is 9.90. The van der Waals surface area contributed by atoms with Crippen LogP contribution >= 0.6 is 0 Å². The third-order valence-electron chi connectivity index (χ3n) is 8.94. The van der Waals surface area contributed by atoms with E-state index in [0.29, 0.717) is 6.54 Å². The van der Waals surface area contributed by atoms with Gasteiger partial charge in [-0.1, -0.05) is 127 Å². The van der Waals surface area contributed by atoms with E-state index in [-0.39, 0.29) is 12.2 Å². The summed E-state index contributed by atoms with van der Waals surface area (Å²) < 4.78 is 0. The van der Waals surface area contributed by atoms with Crippen LogP contribution in [0.25, 0.3) is 43.8 Å². The molecule has 44 heavy (non-hydrogen) atoms. The number of fused-ring (bicyclic) bond motifs is 4. The summed E-state index contributed by atoms with van der Waals surface area (Å²) in [5, 5.41) is 12.8. The fourth-order valence-electron chi connectivity index (χ4n) is 6.71. The van der Waals surface area contributed by atoms with Gasteiger partial charge in [-0.05, 0) is 90.3 Å². The second kappa shape index (κ2) is 11.1. The highest BCUT2D eigenvalue weighted by Gasteiger charge is 2.28. The fourth-order valence-corrected chi connectivity index (χ4v) is 6.71. The van der Waals surface area contributed by atoms with Crippen LogP contribution in [-0.4, -0.2) is 0 Å². The first kappa shape index (κ1) is 26.4. The number of nitrogens with two attached hydrogens (primary N) is 1. The molecule has 0 spiro atoms. The van der Waals surface area contributed by atoms with Gasteiger partial charge in [-0.25, -0.2) is 0 Å². The van der Waals surface area contributed by atoms with Crippen LogP contribution < -0.4 is 16.4 Å². The summed E-state index contributed by atoms with van der Waals surface area (Å²) in [4.78, 5) is 0. The van der Waals surface area contributed by atoms with E-state index >= 15 is 0 Å². The molecule has 2 atom stereocenters. The van der Waals surface area contributed by atoms with Gasteiger partial charge in [-0.15, -0.1) is 0 Å². The van der Waals surface area contributed by atoms with E-state index in [1.807, 2.05) is 0 Å². The average molecular weight is 568 g/mol. The molecule has 0 bridgehead atoms. The van der Waals surface area contributed by atoms with E-state index in [9.17, 15) is 0 Å². The van der Waals surface area contributed by atoms with Gasteiger partial charge in [0.15, 0.2) is 0 Å². The highest BCUT2D eigenvalue weighted by Crippen LogP contribution is 2.39. The Morgan fingerprint density at radius 3 is 2.07 bits per heavy atom. The Morgan fingerprint density at radius 2 is 1.23 bits per heavy atom. The maximum Gasteiger partial charge on any atom is 0.104 e. The van der Waals surface area contributed by atoms with E-state index in [1.54, 1.807) is 0 Å². The van der Waals surface area contributed by atoms with Gasteiger partial charge in [0, 0.05) is 12.2 Å². The van der Waals surface area contributed by atoms with Crippen molar-refractivity contribution >= 4 is 27.2 Å². The minimum absolute atomic E-state index is 0.0448. The zero-order chi connectivity index (χ0) is 29.5. The molecule has 0 amide bonds. The van der Waals surface area contributed by atoms with Crippen molar-refractivity contribution in [1.29, 1.82) is 0 Å². The number of hydrogen-bond acceptors (Lipinski definition) is 3. The molecule has 0 aromatic heterocycles. The van der Waals surface area contributed by atoms with Gasteiger partial charge in [-0.3, -0.25) is 5.32 Å². The molecule has 3 nitrogen and oxygen atoms in total. The predicted octanol–water partition coefficient (Wildman–Crippen LogP) is 9.59. The van der Waals surface area contributed by atoms with Crippen molar-refractivity contribution in [2.45, 2.75) is 18.8 Å². The zero-order valence-corrected chi connectivity index (χ0v) is 24.4. The minimum atomic E-state index is -0.0448. The Labute approximate surface area is 258 Å². The Balaban J connectivity index is 1.15. The molecule has 1 heterocycles. The normalized spacial score (nSPS) is 16.0. The first-order chi connectivity index (χ1) is 21.7. The molecule has 0 saturated carbocycles. The van der Waals surface area contributed by atoms with Crippen molar-refractivity contribution in [3.05, 3.63) is 174 Å². The molecule has 0 saturated heterocycles. The summed E-state index contributed by atoms with van der Waals surface area (Å²) in [5.74, 6) is 0. The van der Waals surface area contributed by atoms with Crippen molar-refractivity contribution < 1.29 is 0 Å². The molecule has 1 aliphatic rings. The lowest BCUT2D eigenvalue weighted by Gasteiger charge is -2.35. The van der Waals surface area contributed by atoms with Crippen LogP contribution in [0.1, 0.15) is 34.5 Å². The molecule has 212 valence electrons. The van der Waals surface area contributed by atoms with Crippen LogP contribution in [0.15, 0.2) is 152 Å². The van der Waals surface area contributed by atoms with E-state index in [2.05, 4.69) is 162 Å². The topological polar surface area (TPSA) is 50.1 Å². The van der Waals surface area contributed by atoms with Crippen LogP contribution in [0.3, 0.4) is 0 Å². The van der Waals surface area contributed by atoms with Crippen LogP contribution in [0.4, 0.5) is 5.69 Å². The fraction of sp³-hybridized carbons (Fsp3) is 0.0732. The van der Waals surface area contributed by atoms with Gasteiger partial charge in [0.1, 0.15) is 6.17 Å². The SMILES string of the molecule is NCc1cccc(-c2cccc(C3Nc4ccccc4C(c4ccc(-c5cc6ccccc6c6ccccc56)cc4)N3)c2)c1. The lowest BCUT2D eigenvalue weighted by Crippen LogP contribution is -2.37. The van der Waals surface area contributed by atoms with Gasteiger partial charge in [0.25, 0.3) is 0 Å². The quantitative estimate of drug-likeness (QED) is 0.182. The van der Waals surface area contributed by atoms with Crippen molar-refractivity contribution in [3.63, 3.8) is 0 Å². The van der Waals surface area contributed by atoms with Gasteiger partial charge < -0.3 is 11.1 Å². The Bertz CT molecular complexity index is 2130. The number of para-hydroxylation sites is 1. The summed E-state index contributed by atoms with van der Waals surface area (Å²) >= 11 is 0. The number of anilines is 1. The average Bonchev–Trinajstić information content (AvgIpc) is 3.11. The Kier molecular flexibility index (Phi) is 6.68. The molecular formula is C41H33N3. The second-order valence-corrected chi connectivity index (χ2v) is 11.6. The number of rotatable bonds is 5. The van der Waals surface area contributed by atoms with Crippen molar-refractivity contribution in [3.8, 4) is 22.3 Å². The molecule has 0 radical (unpaired) electrons. The van der Waals surface area contributed by atoms with Crippen molar-refractivity contribution in [1.82, 2.24) is 5.32 Å². The molecular weight excluding hydrogens is 534 g/mol. The van der Waals surface area contributed by atoms with E-state index in [4.69, 9.17) is 5.73 Å². The summed E-state index contributed by atoms with van der Waals surface area (Å²) in [5.41, 5.74) is 16.8. The summed E-state index contributed by atoms with van der Waals surface area (Å²) in [6.45, 7) is 0.535. The molecule has 7 aromatic rings. The van der Waals surface area contributed by atoms with Crippen LogP contribution in [0.5, 0.6) is 0 Å². The summed E-state index contributed by atoms with van der Waals surface area (Å²) in [7, 11) is 0. The second-order valence-electron chi connectivity index (χ2n) is 11.6. The monoisotopic (exact) mass is 567 g/mol. The standard InChI is InChI=1S/C41H33N3/c42-26-27-9-7-11-30(23-27)31-12-8-13-33(24-31)41-43-39-18-6-5-17-37(39)40(44-41)29-21-19-28(20-22-29)38-25-32-10-1-2-14-34(32)35-15-3-4-16-36(35)38/h1-25,40-41,43-44H,26,42H2. The lowest BCUT2D eigenvalue weighted by molar-refractivity contribution is 0.506. The summed E-state index contributed by atoms with van der Waals surface area (Å²) in [6.07, 6.45) is -0.0448. The molecule has 4 N–H and O–H groups in total. The first-order valence-corrected chi connectivity index (χ1v) is 15.3. The van der Waals surface area contributed by atoms with Gasteiger partial charge in [0.2, 0.25) is 0 Å². The molecule has 1 aliphatic heterocycles. The van der Waals surface area contributed by atoms with Crippen molar-refractivity contribution in [2.75, 3.05) is 5.32 Å². The number of benzene rings is 7. The molecule has 0 fully saturated rings. The minimum Gasteiger partial charge on any atom is -0.366 e. The molecule has 0 aliphatic carbocycles. The first-order valence-electron chi connectivity index (χ1n) is 15.3. The molecule has 8 rings (SSSR count). The van der Waals surface area contributed by atoms with Crippen LogP contribution in [-0.2, 0) is 6.54 Å². The zero-order valence-electron chi connectivity index (χ0n) is 24.4. The van der Waals surface area contributed by atoms with Gasteiger partial charge in [0.05, 0.1) is 6.04 Å². The van der Waals surface area contributed by atoms with E-state index in [1.165, 1.54) is 60.5 Å². The van der Waals surface area contributed by atoms with E-state index in [0.717, 1.165) is 11.3 Å². The Hall–Kier alpha value is -5.22. The molecule has 2 unspecified atom stereocenters. The number of hydrogen-bond donors (Lipinski definition) is 3. The molecule has 7 aromatic carbocycles. The van der Waals surface area contributed by atoms with E-state index < -0.39 is 0 Å². The molecule has 3 heteroatoms. The van der Waals surface area contributed by atoms with Crippen LogP contribution in [0.2, 0.25) is 0 Å². The van der Waals surface area contributed by atoms with Crippen LogP contribution in [0, 0.1) is 0 Å². The maximum atomic E-state index is 5.93. The van der Waals surface area contributed by atoms with Gasteiger partial charge in [-0.2, -0.15) is 0 Å². The van der Waals surface area contributed by atoms with Crippen molar-refractivity contribution in [2.24, 2.45) is 5.73 Å². The largest absolute Gasteiger partial charge is 0.366 e. The number of nitrogens with one attached hydrogen (secondary N) is 2. The summed E-state index contributed by atoms with van der Waals surface area (Å²) in [6, 6.07) is 54.8. The maximum absolute atomic E-state index is 5.93. The Morgan fingerprint density at radius 1 is 0.523 bits per heavy atom. The van der Waals surface area contributed by atoms with Gasteiger partial charge >= 0.3 is 0 Å². The smallest absolute Gasteiger partial charge is 0.104 e. The third-order valence-corrected chi connectivity index (χ3v) is 8.94. The highest BCUT2D eigenvalue weighted by molar-refractivity contribution is 6.13.